The van der Waals surface area contributed by atoms with Crippen LogP contribution in [-0.4, -0.2) is 10.2 Å². The smallest absolute Gasteiger partial charge is 0.152 e. The molecular formula is C28H18N2O4. The molecule has 6 heteroatoms. The van der Waals surface area contributed by atoms with Crippen LogP contribution in [0.1, 0.15) is 16.7 Å². The zero-order valence-electron chi connectivity index (χ0n) is 17.8. The second kappa shape index (κ2) is 8.63. The van der Waals surface area contributed by atoms with Crippen molar-refractivity contribution < 1.29 is 19.7 Å². The number of hydrogen-bond acceptors (Lipinski definition) is 6. The SMILES string of the molecule is C#Cc1c(C#C)c(C#C)c2c(Oc3ccc(N)c(O)c3)cccc2c1Oc1ccc(N)c(O)c1. The fourth-order valence-electron chi connectivity index (χ4n) is 3.51. The normalized spacial score (nSPS) is 10.1. The van der Waals surface area contributed by atoms with E-state index in [1.807, 2.05) is 0 Å². The van der Waals surface area contributed by atoms with Gasteiger partial charge < -0.3 is 31.2 Å². The van der Waals surface area contributed by atoms with Crippen molar-refractivity contribution in [3.05, 3.63) is 71.3 Å². The largest absolute Gasteiger partial charge is 0.506 e. The Labute approximate surface area is 196 Å². The van der Waals surface area contributed by atoms with Gasteiger partial charge in [0, 0.05) is 22.9 Å². The zero-order chi connectivity index (χ0) is 24.4. The Morgan fingerprint density at radius 1 is 0.676 bits per heavy atom. The lowest BCUT2D eigenvalue weighted by molar-refractivity contribution is 0.456. The minimum Gasteiger partial charge on any atom is -0.506 e. The van der Waals surface area contributed by atoms with Crippen LogP contribution in [0, 0.1) is 37.0 Å². The van der Waals surface area contributed by atoms with Crippen LogP contribution in [-0.2, 0) is 0 Å². The number of phenolic OH excluding ortho intramolecular Hbond substituents is 2. The number of benzene rings is 4. The Morgan fingerprint density at radius 3 is 1.76 bits per heavy atom. The number of terminal acetylenes is 3. The summed E-state index contributed by atoms with van der Waals surface area (Å²) in [6, 6.07) is 14.2. The van der Waals surface area contributed by atoms with Crippen LogP contribution in [0.2, 0.25) is 0 Å². The van der Waals surface area contributed by atoms with Gasteiger partial charge in [-0.15, -0.1) is 19.3 Å². The van der Waals surface area contributed by atoms with E-state index in [2.05, 4.69) is 17.8 Å². The molecule has 0 saturated carbocycles. The van der Waals surface area contributed by atoms with Gasteiger partial charge in [-0.3, -0.25) is 0 Å². The summed E-state index contributed by atoms with van der Waals surface area (Å²) >= 11 is 0. The second-order valence-electron chi connectivity index (χ2n) is 7.21. The first-order valence-electron chi connectivity index (χ1n) is 9.93. The lowest BCUT2D eigenvalue weighted by Crippen LogP contribution is -2.00. The van der Waals surface area contributed by atoms with Gasteiger partial charge in [-0.05, 0) is 30.3 Å². The highest BCUT2D eigenvalue weighted by molar-refractivity contribution is 6.02. The number of fused-ring (bicyclic) bond motifs is 1. The Morgan fingerprint density at radius 2 is 1.24 bits per heavy atom. The van der Waals surface area contributed by atoms with Crippen molar-refractivity contribution in [2.75, 3.05) is 11.5 Å². The Kier molecular flexibility index (Phi) is 5.54. The van der Waals surface area contributed by atoms with Crippen LogP contribution in [0.4, 0.5) is 11.4 Å². The zero-order valence-corrected chi connectivity index (χ0v) is 17.8. The van der Waals surface area contributed by atoms with Crippen molar-refractivity contribution in [2.45, 2.75) is 0 Å². The van der Waals surface area contributed by atoms with Crippen molar-refractivity contribution in [1.29, 1.82) is 0 Å². The van der Waals surface area contributed by atoms with Gasteiger partial charge >= 0.3 is 0 Å². The minimum absolute atomic E-state index is 0.124. The van der Waals surface area contributed by atoms with Crippen LogP contribution >= 0.6 is 0 Å². The van der Waals surface area contributed by atoms with E-state index in [-0.39, 0.29) is 45.5 Å². The summed E-state index contributed by atoms with van der Waals surface area (Å²) in [6.07, 6.45) is 17.5. The molecule has 0 unspecified atom stereocenters. The van der Waals surface area contributed by atoms with Crippen molar-refractivity contribution in [1.82, 2.24) is 0 Å². The molecule has 0 aliphatic carbocycles. The molecule has 0 aromatic heterocycles. The Hall–Kier alpha value is -5.38. The number of ether oxygens (including phenoxy) is 2. The standard InChI is InChI=1S/C28H18N2O4/c1-4-18-19(5-2)27-21(8-7-9-26(27)33-16-10-12-22(29)24(31)14-16)28(20(18)6-3)34-17-11-13-23(30)25(32)15-17/h1-3,7-15,31-32H,29-30H2. The fraction of sp³-hybridized carbons (Fsp3) is 0. The number of nitrogen functional groups attached to an aromatic ring is 2. The van der Waals surface area contributed by atoms with Crippen molar-refractivity contribution in [2.24, 2.45) is 0 Å². The highest BCUT2D eigenvalue weighted by Crippen LogP contribution is 2.44. The third kappa shape index (κ3) is 3.71. The van der Waals surface area contributed by atoms with E-state index in [0.29, 0.717) is 27.8 Å². The summed E-state index contributed by atoms with van der Waals surface area (Å²) in [6.45, 7) is 0. The number of aromatic hydroxyl groups is 2. The highest BCUT2D eigenvalue weighted by atomic mass is 16.5. The van der Waals surface area contributed by atoms with Gasteiger partial charge in [0.25, 0.3) is 0 Å². The number of anilines is 2. The molecule has 0 fully saturated rings. The summed E-state index contributed by atoms with van der Waals surface area (Å²) in [7, 11) is 0. The molecule has 0 amide bonds. The number of phenols is 2. The Bertz CT molecular complexity index is 1580. The van der Waals surface area contributed by atoms with E-state index in [9.17, 15) is 10.2 Å². The average Bonchev–Trinajstić information content (AvgIpc) is 2.83. The predicted molar refractivity (Wildman–Crippen MR) is 133 cm³/mol. The molecule has 6 nitrogen and oxygen atoms in total. The molecular weight excluding hydrogens is 428 g/mol. The van der Waals surface area contributed by atoms with Crippen LogP contribution in [0.3, 0.4) is 0 Å². The first-order chi connectivity index (χ1) is 16.4. The molecule has 0 radical (unpaired) electrons. The summed E-state index contributed by atoms with van der Waals surface area (Å²) in [5.74, 6) is 8.73. The van der Waals surface area contributed by atoms with E-state index in [1.165, 1.54) is 24.3 Å². The van der Waals surface area contributed by atoms with Crippen LogP contribution in [0.25, 0.3) is 10.8 Å². The predicted octanol–water partition coefficient (Wildman–Crippen LogP) is 4.94. The summed E-state index contributed by atoms with van der Waals surface area (Å²) in [5.41, 5.74) is 12.7. The van der Waals surface area contributed by atoms with E-state index < -0.39 is 0 Å². The molecule has 4 rings (SSSR count). The molecule has 4 aromatic carbocycles. The quantitative estimate of drug-likeness (QED) is 0.201. The van der Waals surface area contributed by atoms with E-state index >= 15 is 0 Å². The molecule has 164 valence electrons. The maximum Gasteiger partial charge on any atom is 0.152 e. The average molecular weight is 446 g/mol. The van der Waals surface area contributed by atoms with Crippen molar-refractivity contribution >= 4 is 22.1 Å². The summed E-state index contributed by atoms with van der Waals surface area (Å²) < 4.78 is 12.1. The van der Waals surface area contributed by atoms with E-state index in [0.717, 1.165) is 0 Å². The molecule has 34 heavy (non-hydrogen) atoms. The molecule has 0 atom stereocenters. The third-order valence-electron chi connectivity index (χ3n) is 5.13. The van der Waals surface area contributed by atoms with Gasteiger partial charge in [-0.2, -0.15) is 0 Å². The van der Waals surface area contributed by atoms with Crippen molar-refractivity contribution in [3.63, 3.8) is 0 Å². The second-order valence-corrected chi connectivity index (χ2v) is 7.21. The third-order valence-corrected chi connectivity index (χ3v) is 5.13. The van der Waals surface area contributed by atoms with Crippen LogP contribution < -0.4 is 20.9 Å². The van der Waals surface area contributed by atoms with Gasteiger partial charge in [0.2, 0.25) is 0 Å². The minimum atomic E-state index is -0.145. The van der Waals surface area contributed by atoms with Gasteiger partial charge in [0.05, 0.1) is 28.1 Å². The van der Waals surface area contributed by atoms with Gasteiger partial charge in [0.1, 0.15) is 28.7 Å². The number of hydrogen-bond donors (Lipinski definition) is 4. The maximum absolute atomic E-state index is 10.00. The molecule has 0 saturated heterocycles. The Balaban J connectivity index is 2.00. The van der Waals surface area contributed by atoms with Crippen molar-refractivity contribution in [3.8, 4) is 71.5 Å². The topological polar surface area (TPSA) is 111 Å². The molecule has 0 heterocycles. The summed E-state index contributed by atoms with van der Waals surface area (Å²) in [4.78, 5) is 0. The number of nitrogens with two attached hydrogens (primary N) is 2. The van der Waals surface area contributed by atoms with E-state index in [1.54, 1.807) is 30.3 Å². The first-order valence-corrected chi connectivity index (χ1v) is 9.93. The number of rotatable bonds is 4. The van der Waals surface area contributed by atoms with E-state index in [4.69, 9.17) is 40.2 Å². The van der Waals surface area contributed by atoms with Gasteiger partial charge in [-0.1, -0.05) is 29.9 Å². The molecule has 0 spiro atoms. The van der Waals surface area contributed by atoms with Gasteiger partial charge in [0.15, 0.2) is 5.75 Å². The molecule has 4 aromatic rings. The van der Waals surface area contributed by atoms with Gasteiger partial charge in [-0.25, -0.2) is 0 Å². The maximum atomic E-state index is 10.00. The first kappa shape index (κ1) is 21.8. The molecule has 0 aliphatic rings. The molecule has 0 bridgehead atoms. The monoisotopic (exact) mass is 446 g/mol. The highest BCUT2D eigenvalue weighted by Gasteiger charge is 2.22. The molecule has 0 aliphatic heterocycles. The molecule has 6 N–H and O–H groups in total. The fourth-order valence-corrected chi connectivity index (χ4v) is 3.51. The van der Waals surface area contributed by atoms with Crippen LogP contribution in [0.15, 0.2) is 54.6 Å². The summed E-state index contributed by atoms with van der Waals surface area (Å²) in [5, 5.41) is 21.0. The lowest BCUT2D eigenvalue weighted by Gasteiger charge is -2.18. The van der Waals surface area contributed by atoms with Crippen LogP contribution in [0.5, 0.6) is 34.5 Å². The lowest BCUT2D eigenvalue weighted by atomic mass is 9.93.